The minimum atomic E-state index is -5.00. The van der Waals surface area contributed by atoms with Crippen LogP contribution in [0, 0.1) is 6.92 Å². The van der Waals surface area contributed by atoms with Crippen LogP contribution in [0.2, 0.25) is 5.02 Å². The number of ether oxygens (including phenoxy) is 1. The summed E-state index contributed by atoms with van der Waals surface area (Å²) < 4.78 is 47.4. The summed E-state index contributed by atoms with van der Waals surface area (Å²) in [5.74, 6) is -1.67. The normalized spacial score (nSPS) is 14.9. The Bertz CT molecular complexity index is 916. The molecule has 1 aliphatic rings. The van der Waals surface area contributed by atoms with Crippen molar-refractivity contribution in [2.24, 2.45) is 0 Å². The third kappa shape index (κ3) is 4.35. The quantitative estimate of drug-likeness (QED) is 0.813. The maximum Gasteiger partial charge on any atom is 0.573 e. The molecule has 8 nitrogen and oxygen atoms in total. The van der Waals surface area contributed by atoms with Gasteiger partial charge in [0.2, 0.25) is 11.8 Å². The molecular formula is C16H14ClF3N4O4. The van der Waals surface area contributed by atoms with Crippen molar-refractivity contribution in [3.8, 4) is 5.75 Å². The SMILES string of the molecule is Cc1nnc(NC(=O)c2ccc(OC(F)(F)F)c(N3CCCCC3=O)c2Cl)o1. The highest BCUT2D eigenvalue weighted by molar-refractivity contribution is 6.38. The number of nitrogens with zero attached hydrogens (tertiary/aromatic N) is 3. The molecule has 0 bridgehead atoms. The van der Waals surface area contributed by atoms with Gasteiger partial charge in [-0.05, 0) is 25.0 Å². The molecule has 3 rings (SSSR count). The molecule has 0 aliphatic carbocycles. The molecule has 2 aromatic rings. The standard InChI is InChI=1S/C16H14ClF3N4O4/c1-8-22-23-15(27-8)21-14(26)9-5-6-10(28-16(18,19)20)13(12(9)17)24-7-3-2-4-11(24)25/h5-6H,2-4,7H2,1H3,(H,21,23,26). The lowest BCUT2D eigenvalue weighted by molar-refractivity contribution is -0.274. The second kappa shape index (κ2) is 7.66. The molecular weight excluding hydrogens is 405 g/mol. The molecule has 1 fully saturated rings. The fourth-order valence-corrected chi connectivity index (χ4v) is 3.08. The number of anilines is 2. The van der Waals surface area contributed by atoms with Gasteiger partial charge in [-0.3, -0.25) is 14.9 Å². The predicted molar refractivity (Wildman–Crippen MR) is 91.3 cm³/mol. The van der Waals surface area contributed by atoms with Crippen LogP contribution in [0.1, 0.15) is 35.5 Å². The van der Waals surface area contributed by atoms with Crippen LogP contribution < -0.4 is 15.0 Å². The van der Waals surface area contributed by atoms with E-state index in [0.717, 1.165) is 17.0 Å². The Hall–Kier alpha value is -2.82. The van der Waals surface area contributed by atoms with Crippen molar-refractivity contribution in [3.05, 3.63) is 28.6 Å². The van der Waals surface area contributed by atoms with E-state index in [1.54, 1.807) is 0 Å². The van der Waals surface area contributed by atoms with Crippen LogP contribution in [0.3, 0.4) is 0 Å². The average molecular weight is 419 g/mol. The molecule has 28 heavy (non-hydrogen) atoms. The molecule has 1 saturated heterocycles. The highest BCUT2D eigenvalue weighted by Gasteiger charge is 2.36. The van der Waals surface area contributed by atoms with E-state index >= 15 is 0 Å². The smallest absolute Gasteiger partial charge is 0.408 e. The van der Waals surface area contributed by atoms with Crippen molar-refractivity contribution < 1.29 is 31.9 Å². The highest BCUT2D eigenvalue weighted by atomic mass is 35.5. The number of benzene rings is 1. The van der Waals surface area contributed by atoms with Crippen molar-refractivity contribution in [2.75, 3.05) is 16.8 Å². The Kier molecular flexibility index (Phi) is 5.45. The van der Waals surface area contributed by atoms with Gasteiger partial charge in [-0.1, -0.05) is 16.7 Å². The van der Waals surface area contributed by atoms with E-state index in [9.17, 15) is 22.8 Å². The van der Waals surface area contributed by atoms with Crippen molar-refractivity contribution >= 4 is 35.1 Å². The number of hydrogen-bond acceptors (Lipinski definition) is 6. The molecule has 1 aromatic carbocycles. The van der Waals surface area contributed by atoms with E-state index in [1.165, 1.54) is 6.92 Å². The number of piperidine rings is 1. The van der Waals surface area contributed by atoms with Gasteiger partial charge in [-0.2, -0.15) is 0 Å². The molecule has 12 heteroatoms. The average Bonchev–Trinajstić information content (AvgIpc) is 3.00. The number of nitrogens with one attached hydrogen (secondary N) is 1. The number of carbonyl (C=O) groups excluding carboxylic acids is 2. The lowest BCUT2D eigenvalue weighted by Crippen LogP contribution is -2.36. The molecule has 1 N–H and O–H groups in total. The van der Waals surface area contributed by atoms with Gasteiger partial charge < -0.3 is 14.1 Å². The molecule has 1 aromatic heterocycles. The highest BCUT2D eigenvalue weighted by Crippen LogP contribution is 2.42. The number of carbonyl (C=O) groups is 2. The Balaban J connectivity index is 2.01. The van der Waals surface area contributed by atoms with E-state index in [4.69, 9.17) is 16.0 Å². The van der Waals surface area contributed by atoms with E-state index in [1.807, 2.05) is 0 Å². The lowest BCUT2D eigenvalue weighted by atomic mass is 10.1. The minimum Gasteiger partial charge on any atom is -0.408 e. The summed E-state index contributed by atoms with van der Waals surface area (Å²) in [4.78, 5) is 25.8. The van der Waals surface area contributed by atoms with Crippen LogP contribution in [-0.4, -0.2) is 34.9 Å². The Morgan fingerprint density at radius 1 is 1.32 bits per heavy atom. The predicted octanol–water partition coefficient (Wildman–Crippen LogP) is 3.70. The van der Waals surface area contributed by atoms with Gasteiger partial charge in [-0.25, -0.2) is 0 Å². The van der Waals surface area contributed by atoms with Crippen LogP contribution in [-0.2, 0) is 4.79 Å². The Labute approximate surface area is 161 Å². The third-order valence-corrected chi connectivity index (χ3v) is 4.27. The lowest BCUT2D eigenvalue weighted by Gasteiger charge is -2.30. The van der Waals surface area contributed by atoms with Gasteiger partial charge in [0.1, 0.15) is 5.69 Å². The van der Waals surface area contributed by atoms with Crippen LogP contribution in [0.15, 0.2) is 16.5 Å². The first-order valence-electron chi connectivity index (χ1n) is 8.16. The first kappa shape index (κ1) is 19.9. The summed E-state index contributed by atoms with van der Waals surface area (Å²) in [5.41, 5.74) is -0.488. The topological polar surface area (TPSA) is 97.6 Å². The molecule has 2 heterocycles. The summed E-state index contributed by atoms with van der Waals surface area (Å²) in [6.07, 6.45) is -3.66. The van der Waals surface area contributed by atoms with Crippen LogP contribution in [0.4, 0.5) is 24.9 Å². The fraction of sp³-hybridized carbons (Fsp3) is 0.375. The van der Waals surface area contributed by atoms with Crippen molar-refractivity contribution in [3.63, 3.8) is 0 Å². The largest absolute Gasteiger partial charge is 0.573 e. The van der Waals surface area contributed by atoms with E-state index < -0.39 is 23.9 Å². The van der Waals surface area contributed by atoms with Gasteiger partial charge in [-0.15, -0.1) is 18.3 Å². The first-order chi connectivity index (χ1) is 13.2. The summed E-state index contributed by atoms with van der Waals surface area (Å²) in [7, 11) is 0. The molecule has 0 unspecified atom stereocenters. The number of aromatic nitrogens is 2. The first-order valence-corrected chi connectivity index (χ1v) is 8.53. The monoisotopic (exact) mass is 418 g/mol. The number of aryl methyl sites for hydroxylation is 1. The summed E-state index contributed by atoms with van der Waals surface area (Å²) >= 11 is 6.24. The zero-order valence-electron chi connectivity index (χ0n) is 14.5. The maximum atomic E-state index is 12.8. The number of alkyl halides is 3. The fourth-order valence-electron chi connectivity index (χ4n) is 2.73. The zero-order chi connectivity index (χ0) is 20.5. The van der Waals surface area contributed by atoms with Gasteiger partial charge in [0, 0.05) is 19.9 Å². The summed E-state index contributed by atoms with van der Waals surface area (Å²) in [6.45, 7) is 1.67. The van der Waals surface area contributed by atoms with Crippen molar-refractivity contribution in [1.82, 2.24) is 10.2 Å². The van der Waals surface area contributed by atoms with Gasteiger partial charge in [0.15, 0.2) is 5.75 Å². The number of rotatable bonds is 4. The molecule has 0 atom stereocenters. The molecule has 2 amide bonds. The van der Waals surface area contributed by atoms with Crippen LogP contribution in [0.25, 0.3) is 0 Å². The van der Waals surface area contributed by atoms with Gasteiger partial charge in [0.05, 0.1) is 10.6 Å². The molecule has 1 aliphatic heterocycles. The maximum absolute atomic E-state index is 12.8. The Morgan fingerprint density at radius 2 is 2.07 bits per heavy atom. The summed E-state index contributed by atoms with van der Waals surface area (Å²) in [6, 6.07) is 1.79. The third-order valence-electron chi connectivity index (χ3n) is 3.89. The molecule has 150 valence electrons. The molecule has 0 spiro atoms. The second-order valence-corrected chi connectivity index (χ2v) is 6.28. The van der Waals surface area contributed by atoms with Crippen LogP contribution in [0.5, 0.6) is 5.75 Å². The molecule has 0 saturated carbocycles. The number of amides is 2. The van der Waals surface area contributed by atoms with Gasteiger partial charge in [0.25, 0.3) is 5.91 Å². The van der Waals surface area contributed by atoms with E-state index in [-0.39, 0.29) is 41.1 Å². The van der Waals surface area contributed by atoms with Gasteiger partial charge >= 0.3 is 12.4 Å². The van der Waals surface area contributed by atoms with E-state index in [2.05, 4.69) is 20.3 Å². The second-order valence-electron chi connectivity index (χ2n) is 5.90. The van der Waals surface area contributed by atoms with Crippen molar-refractivity contribution in [1.29, 1.82) is 0 Å². The summed E-state index contributed by atoms with van der Waals surface area (Å²) in [5, 5.41) is 9.09. The minimum absolute atomic E-state index is 0.152. The number of halogens is 4. The zero-order valence-corrected chi connectivity index (χ0v) is 15.2. The Morgan fingerprint density at radius 3 is 2.68 bits per heavy atom. The number of hydrogen-bond donors (Lipinski definition) is 1. The van der Waals surface area contributed by atoms with Crippen molar-refractivity contribution in [2.45, 2.75) is 32.5 Å². The van der Waals surface area contributed by atoms with E-state index in [0.29, 0.717) is 12.8 Å². The van der Waals surface area contributed by atoms with Crippen LogP contribution >= 0.6 is 11.6 Å². The molecule has 0 radical (unpaired) electrons.